The van der Waals surface area contributed by atoms with Crippen LogP contribution in [0.5, 0.6) is 5.75 Å². The second-order valence-corrected chi connectivity index (χ2v) is 7.80. The van der Waals surface area contributed by atoms with E-state index in [0.717, 1.165) is 24.3 Å². The predicted molar refractivity (Wildman–Crippen MR) is 87.6 cm³/mol. The summed E-state index contributed by atoms with van der Waals surface area (Å²) in [5.41, 5.74) is 0.953. The van der Waals surface area contributed by atoms with Crippen molar-refractivity contribution in [3.63, 3.8) is 0 Å². The van der Waals surface area contributed by atoms with Crippen LogP contribution in [0.2, 0.25) is 0 Å². The highest BCUT2D eigenvalue weighted by atomic mass is 32.2. The summed E-state index contributed by atoms with van der Waals surface area (Å²) in [6.45, 7) is 6.54. The van der Waals surface area contributed by atoms with Crippen LogP contribution in [-0.2, 0) is 9.84 Å². The molecule has 2 unspecified atom stereocenters. The van der Waals surface area contributed by atoms with Gasteiger partial charge in [-0.05, 0) is 44.0 Å². The molecule has 0 saturated heterocycles. The van der Waals surface area contributed by atoms with Crippen LogP contribution in [0.3, 0.4) is 0 Å². The van der Waals surface area contributed by atoms with Crippen molar-refractivity contribution in [3.8, 4) is 5.75 Å². The van der Waals surface area contributed by atoms with Crippen molar-refractivity contribution in [2.24, 2.45) is 0 Å². The van der Waals surface area contributed by atoms with Gasteiger partial charge in [-0.1, -0.05) is 26.0 Å². The first-order chi connectivity index (χ1) is 9.94. The molecule has 1 rings (SSSR count). The van der Waals surface area contributed by atoms with Crippen LogP contribution in [0.4, 0.5) is 0 Å². The third-order valence-corrected chi connectivity index (χ3v) is 6.08. The zero-order valence-electron chi connectivity index (χ0n) is 13.4. The second-order valence-electron chi connectivity index (χ2n) is 5.33. The Balaban J connectivity index is 2.99. The molecule has 0 aliphatic heterocycles. The SMILES string of the molecule is CCCNC(CS(=O)(=O)C(C)CC)c1cccc(OC)c1. The Kier molecular flexibility index (Phi) is 7.18. The third kappa shape index (κ3) is 5.32. The Morgan fingerprint density at radius 3 is 2.57 bits per heavy atom. The molecule has 0 aliphatic carbocycles. The van der Waals surface area contributed by atoms with Gasteiger partial charge < -0.3 is 10.1 Å². The number of rotatable bonds is 9. The van der Waals surface area contributed by atoms with E-state index in [1.165, 1.54) is 0 Å². The molecule has 0 aromatic heterocycles. The molecule has 0 radical (unpaired) electrons. The summed E-state index contributed by atoms with van der Waals surface area (Å²) in [5, 5.41) is 3.03. The lowest BCUT2D eigenvalue weighted by molar-refractivity contribution is 0.413. The van der Waals surface area contributed by atoms with Crippen LogP contribution in [0.25, 0.3) is 0 Å². The highest BCUT2D eigenvalue weighted by Crippen LogP contribution is 2.22. The van der Waals surface area contributed by atoms with E-state index >= 15 is 0 Å². The molecule has 21 heavy (non-hydrogen) atoms. The normalized spacial score (nSPS) is 14.7. The lowest BCUT2D eigenvalue weighted by atomic mass is 10.1. The Morgan fingerprint density at radius 1 is 1.29 bits per heavy atom. The lowest BCUT2D eigenvalue weighted by Crippen LogP contribution is -2.32. The molecule has 5 heteroatoms. The minimum atomic E-state index is -3.11. The van der Waals surface area contributed by atoms with E-state index in [0.29, 0.717) is 6.42 Å². The van der Waals surface area contributed by atoms with Crippen LogP contribution >= 0.6 is 0 Å². The number of benzene rings is 1. The average Bonchev–Trinajstić information content (AvgIpc) is 2.50. The minimum Gasteiger partial charge on any atom is -0.497 e. The van der Waals surface area contributed by atoms with Crippen LogP contribution in [0.1, 0.15) is 45.2 Å². The van der Waals surface area contributed by atoms with Gasteiger partial charge in [0.25, 0.3) is 0 Å². The van der Waals surface area contributed by atoms with Crippen molar-refractivity contribution in [1.82, 2.24) is 5.32 Å². The van der Waals surface area contributed by atoms with Crippen molar-refractivity contribution in [3.05, 3.63) is 29.8 Å². The summed E-state index contributed by atoms with van der Waals surface area (Å²) in [7, 11) is -1.50. The first kappa shape index (κ1) is 18.0. The molecule has 0 amide bonds. The molecule has 0 saturated carbocycles. The summed E-state index contributed by atoms with van der Waals surface area (Å²) < 4.78 is 30.0. The number of methoxy groups -OCH3 is 1. The topological polar surface area (TPSA) is 55.4 Å². The molecule has 120 valence electrons. The molecule has 1 aromatic carbocycles. The highest BCUT2D eigenvalue weighted by Gasteiger charge is 2.25. The zero-order valence-corrected chi connectivity index (χ0v) is 14.2. The van der Waals surface area contributed by atoms with Crippen molar-refractivity contribution < 1.29 is 13.2 Å². The molecule has 0 bridgehead atoms. The molecule has 1 N–H and O–H groups in total. The van der Waals surface area contributed by atoms with E-state index < -0.39 is 9.84 Å². The van der Waals surface area contributed by atoms with Crippen LogP contribution < -0.4 is 10.1 Å². The van der Waals surface area contributed by atoms with Gasteiger partial charge in [0, 0.05) is 6.04 Å². The van der Waals surface area contributed by atoms with E-state index in [9.17, 15) is 8.42 Å². The first-order valence-corrected chi connectivity index (χ1v) is 9.25. The van der Waals surface area contributed by atoms with Crippen molar-refractivity contribution >= 4 is 9.84 Å². The fourth-order valence-electron chi connectivity index (χ4n) is 2.10. The number of sulfone groups is 1. The number of nitrogens with one attached hydrogen (secondary N) is 1. The van der Waals surface area contributed by atoms with Crippen LogP contribution in [0, 0.1) is 0 Å². The van der Waals surface area contributed by atoms with Gasteiger partial charge in [-0.3, -0.25) is 0 Å². The third-order valence-electron chi connectivity index (χ3n) is 3.72. The Hall–Kier alpha value is -1.07. The van der Waals surface area contributed by atoms with Gasteiger partial charge in [0.2, 0.25) is 0 Å². The number of hydrogen-bond acceptors (Lipinski definition) is 4. The van der Waals surface area contributed by atoms with Crippen molar-refractivity contribution in [1.29, 1.82) is 0 Å². The lowest BCUT2D eigenvalue weighted by Gasteiger charge is -2.21. The number of ether oxygens (including phenoxy) is 1. The maximum absolute atomic E-state index is 12.4. The van der Waals surface area contributed by atoms with E-state index in [2.05, 4.69) is 12.2 Å². The van der Waals surface area contributed by atoms with E-state index in [1.807, 2.05) is 31.2 Å². The quantitative estimate of drug-likeness (QED) is 0.761. The molecular formula is C16H27NO3S. The Bertz CT molecular complexity index is 528. The summed E-state index contributed by atoms with van der Waals surface area (Å²) in [6.07, 6.45) is 1.60. The first-order valence-electron chi connectivity index (χ1n) is 7.53. The smallest absolute Gasteiger partial charge is 0.154 e. The zero-order chi connectivity index (χ0) is 15.9. The Morgan fingerprint density at radius 2 is 2.00 bits per heavy atom. The summed E-state index contributed by atoms with van der Waals surface area (Å²) in [4.78, 5) is 0. The van der Waals surface area contributed by atoms with E-state index in [-0.39, 0.29) is 17.0 Å². The van der Waals surface area contributed by atoms with Crippen LogP contribution in [0.15, 0.2) is 24.3 Å². The summed E-state index contributed by atoms with van der Waals surface area (Å²) >= 11 is 0. The molecule has 1 aromatic rings. The van der Waals surface area contributed by atoms with Crippen LogP contribution in [-0.4, -0.2) is 33.1 Å². The van der Waals surface area contributed by atoms with Gasteiger partial charge in [0.05, 0.1) is 18.1 Å². The highest BCUT2D eigenvalue weighted by molar-refractivity contribution is 7.92. The predicted octanol–water partition coefficient (Wildman–Crippen LogP) is 2.95. The fraction of sp³-hybridized carbons (Fsp3) is 0.625. The average molecular weight is 313 g/mol. The van der Waals surface area contributed by atoms with Gasteiger partial charge in [-0.25, -0.2) is 8.42 Å². The second kappa shape index (κ2) is 8.39. The van der Waals surface area contributed by atoms with Gasteiger partial charge in [0.1, 0.15) is 5.75 Å². The Labute approximate surface area is 128 Å². The largest absolute Gasteiger partial charge is 0.497 e. The molecule has 0 fully saturated rings. The maximum atomic E-state index is 12.4. The molecule has 0 aliphatic rings. The van der Waals surface area contributed by atoms with Gasteiger partial charge in [-0.15, -0.1) is 0 Å². The van der Waals surface area contributed by atoms with E-state index in [1.54, 1.807) is 14.0 Å². The molecule has 0 heterocycles. The van der Waals surface area contributed by atoms with Crippen molar-refractivity contribution in [2.45, 2.75) is 44.9 Å². The maximum Gasteiger partial charge on any atom is 0.154 e. The standard InChI is InChI=1S/C16H27NO3S/c1-5-10-17-16(12-21(18,19)13(3)6-2)14-8-7-9-15(11-14)20-4/h7-9,11,13,16-17H,5-6,10,12H2,1-4H3. The molecule has 2 atom stereocenters. The van der Waals surface area contributed by atoms with E-state index in [4.69, 9.17) is 4.74 Å². The molecular weight excluding hydrogens is 286 g/mol. The van der Waals surface area contributed by atoms with Gasteiger partial charge in [0.15, 0.2) is 9.84 Å². The number of hydrogen-bond donors (Lipinski definition) is 1. The molecule has 4 nitrogen and oxygen atoms in total. The van der Waals surface area contributed by atoms with Gasteiger partial charge in [-0.2, -0.15) is 0 Å². The van der Waals surface area contributed by atoms with Crippen molar-refractivity contribution in [2.75, 3.05) is 19.4 Å². The summed E-state index contributed by atoms with van der Waals surface area (Å²) in [5.74, 6) is 0.867. The minimum absolute atomic E-state index is 0.120. The summed E-state index contributed by atoms with van der Waals surface area (Å²) in [6, 6.07) is 7.41. The van der Waals surface area contributed by atoms with Gasteiger partial charge >= 0.3 is 0 Å². The fourth-order valence-corrected chi connectivity index (χ4v) is 3.71. The molecule has 0 spiro atoms. The monoisotopic (exact) mass is 313 g/mol.